The Labute approximate surface area is 225 Å². The van der Waals surface area contributed by atoms with E-state index in [0.29, 0.717) is 13.1 Å². The lowest BCUT2D eigenvalue weighted by atomic mass is 10.0. The largest absolute Gasteiger partial charge is 0.388 e. The van der Waals surface area contributed by atoms with Crippen molar-refractivity contribution in [1.82, 2.24) is 24.9 Å². The molecule has 0 aliphatic rings. The Kier molecular flexibility index (Phi) is 11.8. The maximum absolute atomic E-state index is 5.68. The highest BCUT2D eigenvalue weighted by Gasteiger charge is 2.24. The smallest absolute Gasteiger partial charge is 0.132 e. The van der Waals surface area contributed by atoms with Crippen molar-refractivity contribution in [2.24, 2.45) is 5.73 Å². The van der Waals surface area contributed by atoms with E-state index < -0.39 is 0 Å². The zero-order valence-electron chi connectivity index (χ0n) is 24.2. The quantitative estimate of drug-likeness (QED) is 0.263. The summed E-state index contributed by atoms with van der Waals surface area (Å²) in [6.07, 6.45) is 6.19. The summed E-state index contributed by atoms with van der Waals surface area (Å²) < 4.78 is 2.04. The fourth-order valence-corrected chi connectivity index (χ4v) is 4.50. The number of hydrogen-bond acceptors (Lipinski definition) is 6. The van der Waals surface area contributed by atoms with Crippen molar-refractivity contribution in [2.75, 3.05) is 46.1 Å². The number of hydrogen-bond donors (Lipinski definition) is 3. The van der Waals surface area contributed by atoms with Gasteiger partial charge in [-0.25, -0.2) is 4.68 Å². The van der Waals surface area contributed by atoms with Crippen molar-refractivity contribution in [2.45, 2.75) is 59.4 Å². The molecule has 1 atom stereocenters. The number of anilines is 1. The molecule has 0 aliphatic heterocycles. The average Bonchev–Trinajstić information content (AvgIpc) is 3.28. The second kappa shape index (κ2) is 14.5. The summed E-state index contributed by atoms with van der Waals surface area (Å²) in [5.41, 5.74) is 13.1. The van der Waals surface area contributed by atoms with Crippen LogP contribution in [0.25, 0.3) is 11.5 Å². The van der Waals surface area contributed by atoms with E-state index in [1.54, 1.807) is 0 Å². The number of aryl methyl sites for hydroxylation is 2. The summed E-state index contributed by atoms with van der Waals surface area (Å²) in [6.45, 7) is 19.6. The highest BCUT2D eigenvalue weighted by molar-refractivity contribution is 5.74. The van der Waals surface area contributed by atoms with Crippen LogP contribution < -0.4 is 16.4 Å². The topological polar surface area (TPSA) is 74.4 Å². The van der Waals surface area contributed by atoms with Crippen LogP contribution in [0.2, 0.25) is 0 Å². The molecule has 1 aromatic carbocycles. The highest BCUT2D eigenvalue weighted by Crippen LogP contribution is 2.33. The molecule has 0 bridgehead atoms. The summed E-state index contributed by atoms with van der Waals surface area (Å²) in [5.74, 6) is 0.996. The van der Waals surface area contributed by atoms with Gasteiger partial charge in [-0.2, -0.15) is 5.10 Å². The Balaban J connectivity index is 2.45. The molecule has 0 fully saturated rings. The van der Waals surface area contributed by atoms with E-state index in [2.05, 4.69) is 106 Å². The second-order valence-electron chi connectivity index (χ2n) is 9.61. The molecule has 2 rings (SSSR count). The molecule has 7 heteroatoms. The minimum atomic E-state index is 0.0863. The number of unbranched alkanes of at least 4 members (excludes halogenated alkanes) is 1. The van der Waals surface area contributed by atoms with Crippen LogP contribution in [0.3, 0.4) is 0 Å². The SMILES string of the molecule is C=C(/C=C(/N(C)CCCC)n1nc(C(CC)N(C)C(=C)c2cc(CC)ccc2NC)cc1C)NCCN. The Morgan fingerprint density at radius 1 is 1.19 bits per heavy atom. The summed E-state index contributed by atoms with van der Waals surface area (Å²) in [6, 6.07) is 8.83. The average molecular weight is 508 g/mol. The molecular formula is C30H49N7. The van der Waals surface area contributed by atoms with Crippen LogP contribution in [0.4, 0.5) is 5.69 Å². The van der Waals surface area contributed by atoms with Gasteiger partial charge in [0.15, 0.2) is 0 Å². The Morgan fingerprint density at radius 3 is 2.51 bits per heavy atom. The number of allylic oxidation sites excluding steroid dienone is 1. The van der Waals surface area contributed by atoms with Crippen molar-refractivity contribution >= 4 is 17.2 Å². The number of aromatic nitrogens is 2. The Morgan fingerprint density at radius 2 is 1.92 bits per heavy atom. The highest BCUT2D eigenvalue weighted by atomic mass is 15.4. The first-order valence-corrected chi connectivity index (χ1v) is 13.6. The van der Waals surface area contributed by atoms with E-state index in [-0.39, 0.29) is 6.04 Å². The van der Waals surface area contributed by atoms with Crippen molar-refractivity contribution in [3.05, 3.63) is 71.7 Å². The number of nitrogens with two attached hydrogens (primary N) is 1. The van der Waals surface area contributed by atoms with Crippen molar-refractivity contribution in [1.29, 1.82) is 0 Å². The van der Waals surface area contributed by atoms with Crippen LogP contribution in [-0.4, -0.2) is 60.4 Å². The molecule has 0 amide bonds. The second-order valence-corrected chi connectivity index (χ2v) is 9.61. The van der Waals surface area contributed by atoms with E-state index in [0.717, 1.165) is 72.1 Å². The molecule has 0 spiro atoms. The van der Waals surface area contributed by atoms with Crippen molar-refractivity contribution in [3.8, 4) is 0 Å². The lowest BCUT2D eigenvalue weighted by Gasteiger charge is -2.31. The van der Waals surface area contributed by atoms with Crippen LogP contribution in [-0.2, 0) is 6.42 Å². The van der Waals surface area contributed by atoms with E-state index in [1.807, 2.05) is 11.7 Å². The number of benzene rings is 1. The lowest BCUT2D eigenvalue weighted by Crippen LogP contribution is -2.26. The van der Waals surface area contributed by atoms with E-state index in [9.17, 15) is 0 Å². The van der Waals surface area contributed by atoms with Gasteiger partial charge in [0.2, 0.25) is 0 Å². The van der Waals surface area contributed by atoms with Gasteiger partial charge in [-0.05, 0) is 49.9 Å². The molecule has 1 aromatic heterocycles. The predicted molar refractivity (Wildman–Crippen MR) is 160 cm³/mol. The van der Waals surface area contributed by atoms with Crippen LogP contribution in [0.1, 0.15) is 68.6 Å². The minimum Gasteiger partial charge on any atom is -0.388 e. The maximum atomic E-state index is 5.68. The third kappa shape index (κ3) is 7.65. The third-order valence-electron chi connectivity index (χ3n) is 6.86. The molecule has 37 heavy (non-hydrogen) atoms. The van der Waals surface area contributed by atoms with Gasteiger partial charge in [-0.15, -0.1) is 0 Å². The van der Waals surface area contributed by atoms with Crippen molar-refractivity contribution < 1.29 is 0 Å². The van der Waals surface area contributed by atoms with Gasteiger partial charge in [0.25, 0.3) is 0 Å². The van der Waals surface area contributed by atoms with Crippen LogP contribution >= 0.6 is 0 Å². The van der Waals surface area contributed by atoms with Crippen LogP contribution in [0.15, 0.2) is 49.2 Å². The third-order valence-corrected chi connectivity index (χ3v) is 6.86. The minimum absolute atomic E-state index is 0.0863. The van der Waals surface area contributed by atoms with Gasteiger partial charge in [-0.3, -0.25) is 0 Å². The molecule has 0 saturated carbocycles. The summed E-state index contributed by atoms with van der Waals surface area (Å²) >= 11 is 0. The first-order valence-electron chi connectivity index (χ1n) is 13.6. The maximum Gasteiger partial charge on any atom is 0.132 e. The predicted octanol–water partition coefficient (Wildman–Crippen LogP) is 5.44. The molecule has 2 aromatic rings. The van der Waals surface area contributed by atoms with Gasteiger partial charge in [0, 0.05) is 75.2 Å². The van der Waals surface area contributed by atoms with Gasteiger partial charge in [0.05, 0.1) is 11.7 Å². The summed E-state index contributed by atoms with van der Waals surface area (Å²) in [7, 11) is 6.19. The van der Waals surface area contributed by atoms with Gasteiger partial charge >= 0.3 is 0 Å². The molecule has 1 heterocycles. The van der Waals surface area contributed by atoms with E-state index in [4.69, 9.17) is 10.8 Å². The zero-order chi connectivity index (χ0) is 27.5. The summed E-state index contributed by atoms with van der Waals surface area (Å²) in [4.78, 5) is 4.51. The molecule has 0 radical (unpaired) electrons. The molecule has 1 unspecified atom stereocenters. The normalized spacial score (nSPS) is 12.3. The zero-order valence-corrected chi connectivity index (χ0v) is 24.2. The Bertz CT molecular complexity index is 1070. The fraction of sp³-hybridized carbons (Fsp3) is 0.500. The number of rotatable bonds is 16. The van der Waals surface area contributed by atoms with Gasteiger partial charge in [0.1, 0.15) is 5.82 Å². The fourth-order valence-electron chi connectivity index (χ4n) is 4.50. The van der Waals surface area contributed by atoms with Crippen LogP contribution in [0, 0.1) is 6.92 Å². The Hall–Kier alpha value is -3.19. The monoisotopic (exact) mass is 507 g/mol. The van der Waals surface area contributed by atoms with Gasteiger partial charge < -0.3 is 26.2 Å². The molecule has 0 aliphatic carbocycles. The molecule has 7 nitrogen and oxygen atoms in total. The van der Waals surface area contributed by atoms with Crippen LogP contribution in [0.5, 0.6) is 0 Å². The van der Waals surface area contributed by atoms with Crippen molar-refractivity contribution in [3.63, 3.8) is 0 Å². The standard InChI is InChI=1S/C30H49N7/c1-10-13-18-35(8)30(19-22(4)33-17-16-31)37-23(5)20-28(34-37)29(12-3)36(9)24(6)26-21-25(11-2)14-15-27(26)32-7/h14-15,19-21,29,32-33H,4,6,10-13,16-18,31H2,1-3,5,7-9H3/b30-19-. The number of nitrogens with zero attached hydrogens (tertiary/aromatic N) is 4. The first kappa shape index (κ1) is 30.0. The van der Waals surface area contributed by atoms with E-state index in [1.165, 1.54) is 5.56 Å². The number of nitrogens with one attached hydrogen (secondary N) is 2. The van der Waals surface area contributed by atoms with Gasteiger partial charge in [-0.1, -0.05) is 46.4 Å². The lowest BCUT2D eigenvalue weighted by molar-refractivity contribution is 0.337. The van der Waals surface area contributed by atoms with E-state index >= 15 is 0 Å². The molecule has 0 saturated heterocycles. The first-order chi connectivity index (χ1) is 17.7. The molecule has 204 valence electrons. The summed E-state index contributed by atoms with van der Waals surface area (Å²) in [5, 5.41) is 11.7. The molecule has 4 N–H and O–H groups in total. The molecular weight excluding hydrogens is 458 g/mol.